The molecular formula is C12H25Br. The van der Waals surface area contributed by atoms with E-state index in [1.807, 2.05) is 0 Å². The van der Waals surface area contributed by atoms with Gasteiger partial charge < -0.3 is 0 Å². The topological polar surface area (TPSA) is 0 Å². The van der Waals surface area contributed by atoms with Crippen LogP contribution >= 0.6 is 15.9 Å². The molecule has 0 amide bonds. The average molecular weight is 249 g/mol. The Balaban J connectivity index is 3.32. The molecule has 1 heteroatoms. The predicted molar refractivity (Wildman–Crippen MR) is 65.5 cm³/mol. The van der Waals surface area contributed by atoms with Crippen molar-refractivity contribution in [1.82, 2.24) is 0 Å². The SMILES string of the molecule is CCCCCCC(C)C(Br)CCC. The zero-order chi connectivity index (χ0) is 10.1. The maximum absolute atomic E-state index is 3.77. The Morgan fingerprint density at radius 1 is 0.923 bits per heavy atom. The van der Waals surface area contributed by atoms with Gasteiger partial charge in [-0.25, -0.2) is 0 Å². The van der Waals surface area contributed by atoms with Gasteiger partial charge in [-0.05, 0) is 18.8 Å². The summed E-state index contributed by atoms with van der Waals surface area (Å²) in [6.07, 6.45) is 9.63. The molecule has 0 spiro atoms. The van der Waals surface area contributed by atoms with Gasteiger partial charge in [-0.3, -0.25) is 0 Å². The van der Waals surface area contributed by atoms with Crippen LogP contribution in [0.1, 0.15) is 65.7 Å². The third-order valence-electron chi connectivity index (χ3n) is 2.69. The highest BCUT2D eigenvalue weighted by Crippen LogP contribution is 2.23. The van der Waals surface area contributed by atoms with Gasteiger partial charge in [0.25, 0.3) is 0 Å². The molecule has 13 heavy (non-hydrogen) atoms. The van der Waals surface area contributed by atoms with Crippen LogP contribution in [-0.2, 0) is 0 Å². The maximum Gasteiger partial charge on any atom is 0.0171 e. The monoisotopic (exact) mass is 248 g/mol. The van der Waals surface area contributed by atoms with E-state index in [2.05, 4.69) is 36.7 Å². The molecule has 0 saturated carbocycles. The van der Waals surface area contributed by atoms with Crippen LogP contribution < -0.4 is 0 Å². The Labute approximate surface area is 92.6 Å². The van der Waals surface area contributed by atoms with E-state index in [0.29, 0.717) is 0 Å². The lowest BCUT2D eigenvalue weighted by Gasteiger charge is -2.17. The molecule has 0 rings (SSSR count). The molecule has 0 radical (unpaired) electrons. The Hall–Kier alpha value is 0.480. The summed E-state index contributed by atoms with van der Waals surface area (Å²) in [6.45, 7) is 6.91. The van der Waals surface area contributed by atoms with Crippen LogP contribution in [0.5, 0.6) is 0 Å². The van der Waals surface area contributed by atoms with Crippen molar-refractivity contribution in [3.05, 3.63) is 0 Å². The second-order valence-corrected chi connectivity index (χ2v) is 5.31. The van der Waals surface area contributed by atoms with Gasteiger partial charge in [-0.15, -0.1) is 0 Å². The summed E-state index contributed by atoms with van der Waals surface area (Å²) in [5, 5.41) is 0. The minimum atomic E-state index is 0.749. The van der Waals surface area contributed by atoms with E-state index >= 15 is 0 Å². The summed E-state index contributed by atoms with van der Waals surface area (Å²) in [6, 6.07) is 0. The number of hydrogen-bond acceptors (Lipinski definition) is 0. The normalized spacial score (nSPS) is 15.7. The molecule has 0 saturated heterocycles. The summed E-state index contributed by atoms with van der Waals surface area (Å²) in [5.74, 6) is 0.858. The van der Waals surface area contributed by atoms with E-state index in [1.165, 1.54) is 44.9 Å². The summed E-state index contributed by atoms with van der Waals surface area (Å²) < 4.78 is 0. The van der Waals surface area contributed by atoms with Crippen molar-refractivity contribution < 1.29 is 0 Å². The van der Waals surface area contributed by atoms with E-state index in [4.69, 9.17) is 0 Å². The Morgan fingerprint density at radius 2 is 1.62 bits per heavy atom. The van der Waals surface area contributed by atoms with Crippen LogP contribution in [0.25, 0.3) is 0 Å². The molecule has 0 aromatic heterocycles. The number of halogens is 1. The molecule has 0 aromatic carbocycles. The first-order chi connectivity index (χ1) is 6.22. The lowest BCUT2D eigenvalue weighted by atomic mass is 9.97. The van der Waals surface area contributed by atoms with Crippen LogP contribution in [0.15, 0.2) is 0 Å². The fourth-order valence-electron chi connectivity index (χ4n) is 1.63. The van der Waals surface area contributed by atoms with Gasteiger partial charge in [0.2, 0.25) is 0 Å². The molecule has 2 atom stereocenters. The fraction of sp³-hybridized carbons (Fsp3) is 1.00. The first-order valence-electron chi connectivity index (χ1n) is 5.86. The summed E-state index contributed by atoms with van der Waals surface area (Å²) in [7, 11) is 0. The lowest BCUT2D eigenvalue weighted by molar-refractivity contribution is 0.461. The Bertz CT molecular complexity index is 101. The lowest BCUT2D eigenvalue weighted by Crippen LogP contribution is -2.10. The first kappa shape index (κ1) is 13.5. The Kier molecular flexibility index (Phi) is 9.39. The zero-order valence-electron chi connectivity index (χ0n) is 9.48. The van der Waals surface area contributed by atoms with Gasteiger partial charge >= 0.3 is 0 Å². The Morgan fingerprint density at radius 3 is 2.15 bits per heavy atom. The predicted octanol–water partition coefficient (Wildman–Crippen LogP) is 5.16. The third kappa shape index (κ3) is 7.54. The van der Waals surface area contributed by atoms with Gasteiger partial charge in [0.1, 0.15) is 0 Å². The molecule has 0 aromatic rings. The number of rotatable bonds is 8. The highest BCUT2D eigenvalue weighted by molar-refractivity contribution is 9.09. The van der Waals surface area contributed by atoms with E-state index in [0.717, 1.165) is 10.7 Å². The van der Waals surface area contributed by atoms with Crippen molar-refractivity contribution >= 4 is 15.9 Å². The van der Waals surface area contributed by atoms with Gasteiger partial charge in [0.05, 0.1) is 0 Å². The third-order valence-corrected chi connectivity index (χ3v) is 4.06. The van der Waals surface area contributed by atoms with Crippen molar-refractivity contribution in [1.29, 1.82) is 0 Å². The molecule has 80 valence electrons. The minimum Gasteiger partial charge on any atom is -0.0888 e. The van der Waals surface area contributed by atoms with Crippen LogP contribution in [0.4, 0.5) is 0 Å². The average Bonchev–Trinajstić information content (AvgIpc) is 2.12. The quantitative estimate of drug-likeness (QED) is 0.412. The molecular weight excluding hydrogens is 224 g/mol. The molecule has 0 aliphatic rings. The number of hydrogen-bond donors (Lipinski definition) is 0. The highest BCUT2D eigenvalue weighted by atomic mass is 79.9. The van der Waals surface area contributed by atoms with Crippen LogP contribution in [-0.4, -0.2) is 4.83 Å². The van der Waals surface area contributed by atoms with Crippen molar-refractivity contribution in [2.75, 3.05) is 0 Å². The highest BCUT2D eigenvalue weighted by Gasteiger charge is 2.11. The molecule has 0 fully saturated rings. The molecule has 0 heterocycles. The van der Waals surface area contributed by atoms with Gasteiger partial charge in [-0.2, -0.15) is 0 Å². The first-order valence-corrected chi connectivity index (χ1v) is 6.78. The van der Waals surface area contributed by atoms with E-state index < -0.39 is 0 Å². The smallest absolute Gasteiger partial charge is 0.0171 e. The fourth-order valence-corrected chi connectivity index (χ4v) is 2.36. The molecule has 0 bridgehead atoms. The van der Waals surface area contributed by atoms with Crippen molar-refractivity contribution in [3.63, 3.8) is 0 Å². The standard InChI is InChI=1S/C12H25Br/c1-4-6-7-8-10-11(3)12(13)9-5-2/h11-12H,4-10H2,1-3H3. The van der Waals surface area contributed by atoms with Crippen molar-refractivity contribution in [3.8, 4) is 0 Å². The van der Waals surface area contributed by atoms with Gasteiger partial charge in [0, 0.05) is 4.83 Å². The molecule has 0 nitrogen and oxygen atoms in total. The van der Waals surface area contributed by atoms with Crippen molar-refractivity contribution in [2.45, 2.75) is 70.5 Å². The van der Waals surface area contributed by atoms with Crippen LogP contribution in [0.2, 0.25) is 0 Å². The largest absolute Gasteiger partial charge is 0.0888 e. The summed E-state index contributed by atoms with van der Waals surface area (Å²) >= 11 is 3.77. The molecule has 0 aliphatic heterocycles. The van der Waals surface area contributed by atoms with Crippen molar-refractivity contribution in [2.24, 2.45) is 5.92 Å². The van der Waals surface area contributed by atoms with E-state index in [-0.39, 0.29) is 0 Å². The molecule has 2 unspecified atom stereocenters. The van der Waals surface area contributed by atoms with Crippen LogP contribution in [0, 0.1) is 5.92 Å². The van der Waals surface area contributed by atoms with Gasteiger partial charge in [0.15, 0.2) is 0 Å². The van der Waals surface area contributed by atoms with E-state index in [1.54, 1.807) is 0 Å². The summed E-state index contributed by atoms with van der Waals surface area (Å²) in [5.41, 5.74) is 0. The molecule has 0 aliphatic carbocycles. The maximum atomic E-state index is 3.77. The second kappa shape index (κ2) is 9.05. The second-order valence-electron chi connectivity index (χ2n) is 4.13. The molecule has 0 N–H and O–H groups in total. The van der Waals surface area contributed by atoms with Crippen LogP contribution in [0.3, 0.4) is 0 Å². The van der Waals surface area contributed by atoms with E-state index in [9.17, 15) is 0 Å². The number of alkyl halides is 1. The summed E-state index contributed by atoms with van der Waals surface area (Å²) in [4.78, 5) is 0.749. The minimum absolute atomic E-state index is 0.749. The number of unbranched alkanes of at least 4 members (excludes halogenated alkanes) is 3. The zero-order valence-corrected chi connectivity index (χ0v) is 11.1. The van der Waals surface area contributed by atoms with Gasteiger partial charge in [-0.1, -0.05) is 68.8 Å².